The van der Waals surface area contributed by atoms with Crippen LogP contribution in [0.4, 0.5) is 0 Å². The fourth-order valence-electron chi connectivity index (χ4n) is 4.92. The molecule has 3 nitrogen and oxygen atoms in total. The lowest BCUT2D eigenvalue weighted by Crippen LogP contribution is -2.44. The highest BCUT2D eigenvalue weighted by Gasteiger charge is 2.41. The maximum Gasteiger partial charge on any atom is 0.119 e. The molecule has 170 valence electrons. The maximum absolute atomic E-state index is 11.9. The summed E-state index contributed by atoms with van der Waals surface area (Å²) >= 11 is 0. The zero-order valence-corrected chi connectivity index (χ0v) is 20.5. The number of ether oxygens (including phenoxy) is 1. The summed E-state index contributed by atoms with van der Waals surface area (Å²) in [5, 5.41) is 11.9. The van der Waals surface area contributed by atoms with E-state index in [2.05, 4.69) is 71.6 Å². The van der Waals surface area contributed by atoms with Crippen molar-refractivity contribution in [1.29, 1.82) is 0 Å². The molecule has 0 aliphatic heterocycles. The molecular formula is C28H34BrNO2. The molecule has 1 fully saturated rings. The highest BCUT2D eigenvalue weighted by molar-refractivity contribution is 8.93. The quantitative estimate of drug-likeness (QED) is 0.394. The second-order valence-corrected chi connectivity index (χ2v) is 8.74. The van der Waals surface area contributed by atoms with E-state index in [-0.39, 0.29) is 22.9 Å². The second-order valence-electron chi connectivity index (χ2n) is 8.74. The Labute approximate surface area is 202 Å². The largest absolute Gasteiger partial charge is 0.497 e. The van der Waals surface area contributed by atoms with Crippen LogP contribution in [-0.4, -0.2) is 23.7 Å². The number of halogens is 1. The Morgan fingerprint density at radius 3 is 2.09 bits per heavy atom. The third kappa shape index (κ3) is 6.00. The second kappa shape index (κ2) is 11.6. The van der Waals surface area contributed by atoms with Gasteiger partial charge in [-0.3, -0.25) is 4.90 Å². The SMILES string of the molecule is Br.COc1cccc(C2(O)CCCCC2CN(Cc2ccccc2)Cc2ccccc2)c1. The van der Waals surface area contributed by atoms with E-state index in [1.807, 2.05) is 18.2 Å². The number of benzene rings is 3. The highest BCUT2D eigenvalue weighted by Crippen LogP contribution is 2.43. The summed E-state index contributed by atoms with van der Waals surface area (Å²) < 4.78 is 5.44. The number of hydrogen-bond donors (Lipinski definition) is 1. The summed E-state index contributed by atoms with van der Waals surface area (Å²) in [6.07, 6.45) is 4.06. The van der Waals surface area contributed by atoms with Gasteiger partial charge in [-0.2, -0.15) is 0 Å². The average molecular weight is 496 g/mol. The molecule has 0 spiro atoms. The summed E-state index contributed by atoms with van der Waals surface area (Å²) in [6, 6.07) is 29.3. The summed E-state index contributed by atoms with van der Waals surface area (Å²) in [5.41, 5.74) is 2.77. The lowest BCUT2D eigenvalue weighted by Gasteiger charge is -2.43. The predicted molar refractivity (Wildman–Crippen MR) is 136 cm³/mol. The molecule has 4 rings (SSSR count). The molecule has 1 aliphatic carbocycles. The van der Waals surface area contributed by atoms with Crippen molar-refractivity contribution in [3.05, 3.63) is 102 Å². The van der Waals surface area contributed by atoms with E-state index in [4.69, 9.17) is 4.74 Å². The molecule has 32 heavy (non-hydrogen) atoms. The van der Waals surface area contributed by atoms with Gasteiger partial charge in [0.25, 0.3) is 0 Å². The van der Waals surface area contributed by atoms with Crippen LogP contribution in [0.3, 0.4) is 0 Å². The Hall–Kier alpha value is -2.14. The summed E-state index contributed by atoms with van der Waals surface area (Å²) in [6.45, 7) is 2.61. The van der Waals surface area contributed by atoms with Crippen LogP contribution in [0.2, 0.25) is 0 Å². The predicted octanol–water partition coefficient (Wildman–Crippen LogP) is 6.35. The Morgan fingerprint density at radius 2 is 1.50 bits per heavy atom. The molecule has 0 radical (unpaired) electrons. The van der Waals surface area contributed by atoms with Gasteiger partial charge in [0.2, 0.25) is 0 Å². The fraction of sp³-hybridized carbons (Fsp3) is 0.357. The number of aliphatic hydroxyl groups is 1. The molecule has 1 N–H and O–H groups in total. The van der Waals surface area contributed by atoms with Crippen LogP contribution in [0.1, 0.15) is 42.4 Å². The zero-order valence-electron chi connectivity index (χ0n) is 18.8. The number of rotatable bonds is 8. The molecule has 1 saturated carbocycles. The van der Waals surface area contributed by atoms with Crippen LogP contribution >= 0.6 is 17.0 Å². The van der Waals surface area contributed by atoms with Gasteiger partial charge in [0, 0.05) is 25.6 Å². The molecule has 0 heterocycles. The van der Waals surface area contributed by atoms with E-state index in [0.717, 1.165) is 50.2 Å². The van der Waals surface area contributed by atoms with E-state index in [1.165, 1.54) is 17.5 Å². The molecule has 0 amide bonds. The van der Waals surface area contributed by atoms with E-state index in [1.54, 1.807) is 7.11 Å². The van der Waals surface area contributed by atoms with E-state index in [0.29, 0.717) is 0 Å². The van der Waals surface area contributed by atoms with Crippen molar-refractivity contribution in [2.24, 2.45) is 5.92 Å². The van der Waals surface area contributed by atoms with Gasteiger partial charge >= 0.3 is 0 Å². The first-order chi connectivity index (χ1) is 15.2. The Bertz CT molecular complexity index is 908. The third-order valence-corrected chi connectivity index (χ3v) is 6.58. The monoisotopic (exact) mass is 495 g/mol. The van der Waals surface area contributed by atoms with Gasteiger partial charge in [0.05, 0.1) is 12.7 Å². The van der Waals surface area contributed by atoms with Crippen molar-refractivity contribution in [1.82, 2.24) is 4.90 Å². The molecule has 2 atom stereocenters. The Kier molecular flexibility index (Phi) is 8.92. The maximum atomic E-state index is 11.9. The molecule has 4 heteroatoms. The molecular weight excluding hydrogens is 462 g/mol. The van der Waals surface area contributed by atoms with Gasteiger partial charge < -0.3 is 9.84 Å². The minimum absolute atomic E-state index is 0. The van der Waals surface area contributed by atoms with Gasteiger partial charge in [-0.25, -0.2) is 0 Å². The van der Waals surface area contributed by atoms with Gasteiger partial charge in [0.15, 0.2) is 0 Å². The van der Waals surface area contributed by atoms with Crippen LogP contribution in [0.15, 0.2) is 84.9 Å². The number of hydrogen-bond acceptors (Lipinski definition) is 3. The lowest BCUT2D eigenvalue weighted by atomic mass is 9.71. The van der Waals surface area contributed by atoms with Gasteiger partial charge in [-0.1, -0.05) is 85.6 Å². The first kappa shape index (κ1) is 24.5. The van der Waals surface area contributed by atoms with Crippen LogP contribution in [0.25, 0.3) is 0 Å². The highest BCUT2D eigenvalue weighted by atomic mass is 79.9. The molecule has 3 aromatic rings. The van der Waals surface area contributed by atoms with Crippen LogP contribution in [0, 0.1) is 5.92 Å². The first-order valence-electron chi connectivity index (χ1n) is 11.3. The minimum Gasteiger partial charge on any atom is -0.497 e. The summed E-state index contributed by atoms with van der Waals surface area (Å²) in [5.74, 6) is 0.987. The lowest BCUT2D eigenvalue weighted by molar-refractivity contribution is -0.0674. The van der Waals surface area contributed by atoms with Crippen LogP contribution in [0.5, 0.6) is 5.75 Å². The summed E-state index contributed by atoms with van der Waals surface area (Å²) in [4.78, 5) is 2.49. The van der Waals surface area contributed by atoms with Crippen molar-refractivity contribution in [3.8, 4) is 5.75 Å². The summed E-state index contributed by atoms with van der Waals surface area (Å²) in [7, 11) is 1.68. The molecule has 0 bridgehead atoms. The number of methoxy groups -OCH3 is 1. The van der Waals surface area contributed by atoms with Crippen molar-refractivity contribution >= 4 is 17.0 Å². The van der Waals surface area contributed by atoms with Crippen LogP contribution < -0.4 is 4.74 Å². The fourth-order valence-corrected chi connectivity index (χ4v) is 4.92. The van der Waals surface area contributed by atoms with Crippen molar-refractivity contribution < 1.29 is 9.84 Å². The van der Waals surface area contributed by atoms with Gasteiger partial charge in [-0.05, 0) is 41.7 Å². The molecule has 1 aliphatic rings. The zero-order chi connectivity index (χ0) is 21.5. The van der Waals surface area contributed by atoms with Gasteiger partial charge in [-0.15, -0.1) is 17.0 Å². The third-order valence-electron chi connectivity index (χ3n) is 6.58. The Morgan fingerprint density at radius 1 is 0.875 bits per heavy atom. The molecule has 0 saturated heterocycles. The molecule has 0 aromatic heterocycles. The normalized spacial score (nSPS) is 20.5. The topological polar surface area (TPSA) is 32.7 Å². The molecule has 2 unspecified atom stereocenters. The van der Waals surface area contributed by atoms with Crippen molar-refractivity contribution in [2.75, 3.05) is 13.7 Å². The van der Waals surface area contributed by atoms with Crippen molar-refractivity contribution in [3.63, 3.8) is 0 Å². The molecule has 3 aromatic carbocycles. The van der Waals surface area contributed by atoms with Gasteiger partial charge in [0.1, 0.15) is 5.75 Å². The number of nitrogens with zero attached hydrogens (tertiary/aromatic N) is 1. The first-order valence-corrected chi connectivity index (χ1v) is 11.3. The van der Waals surface area contributed by atoms with E-state index >= 15 is 0 Å². The smallest absolute Gasteiger partial charge is 0.119 e. The Balaban J connectivity index is 0.00000289. The van der Waals surface area contributed by atoms with Crippen molar-refractivity contribution in [2.45, 2.75) is 44.4 Å². The van der Waals surface area contributed by atoms with E-state index in [9.17, 15) is 5.11 Å². The van der Waals surface area contributed by atoms with E-state index < -0.39 is 5.60 Å². The van der Waals surface area contributed by atoms with Crippen LogP contribution in [-0.2, 0) is 18.7 Å². The minimum atomic E-state index is -0.821. The standard InChI is InChI=1S/C28H33NO2.BrH/c1-31-27-17-10-16-25(19-27)28(30)18-9-8-15-26(28)22-29(20-23-11-4-2-5-12-23)21-24-13-6-3-7-14-24;/h2-7,10-14,16-17,19,26,30H,8-9,15,18,20-22H2,1H3;1H. The average Bonchev–Trinajstić information content (AvgIpc) is 2.82.